The van der Waals surface area contributed by atoms with E-state index in [1.54, 1.807) is 19.1 Å². The molecule has 0 aliphatic rings. The maximum atomic E-state index is 13.7. The van der Waals surface area contributed by atoms with Crippen molar-refractivity contribution in [1.29, 1.82) is 0 Å². The summed E-state index contributed by atoms with van der Waals surface area (Å²) in [6.45, 7) is 10.4. The Labute approximate surface area is 137 Å². The molecule has 0 spiro atoms. The minimum Gasteiger partial charge on any atom is -0.383 e. The molecule has 0 atom stereocenters. The average Bonchev–Trinajstić information content (AvgIpc) is 2.53. The molecule has 0 aliphatic carbocycles. The van der Waals surface area contributed by atoms with Gasteiger partial charge in [-0.05, 0) is 31.9 Å². The van der Waals surface area contributed by atoms with Crippen LogP contribution in [0.4, 0.5) is 4.39 Å². The maximum absolute atomic E-state index is 13.7. The first-order chi connectivity index (χ1) is 10.5. The molecule has 22 heavy (non-hydrogen) atoms. The molecule has 0 saturated carbocycles. The van der Waals surface area contributed by atoms with Gasteiger partial charge in [0.1, 0.15) is 5.82 Å². The Kier molecular flexibility index (Phi) is 10.8. The number of amidine groups is 1. The third-order valence-electron chi connectivity index (χ3n) is 2.66. The largest absolute Gasteiger partial charge is 0.383 e. The zero-order valence-electron chi connectivity index (χ0n) is 14.0. The molecule has 1 aromatic carbocycles. The molecule has 0 saturated heterocycles. The monoisotopic (exact) mass is 332 g/mol. The predicted molar refractivity (Wildman–Crippen MR) is 89.9 cm³/mol. The maximum Gasteiger partial charge on any atom is 0.216 e. The van der Waals surface area contributed by atoms with Gasteiger partial charge in [0.15, 0.2) is 5.84 Å². The van der Waals surface area contributed by atoms with E-state index < -0.39 is 12.1 Å². The number of nitrogens with zero attached hydrogens (tertiary/aromatic N) is 1. The topological polar surface area (TPSA) is 56.8 Å². The van der Waals surface area contributed by atoms with Crippen LogP contribution in [-0.4, -0.2) is 25.3 Å². The summed E-state index contributed by atoms with van der Waals surface area (Å²) in [4.78, 5) is 4.16. The molecular weight excluding hydrogens is 307 g/mol. The van der Waals surface area contributed by atoms with Gasteiger partial charge in [0.05, 0.1) is 11.6 Å². The average molecular weight is 333 g/mol. The normalized spacial score (nSPS) is 11.4. The first-order valence-electron chi connectivity index (χ1n) is 7.47. The Bertz CT molecular complexity index is 475. The van der Waals surface area contributed by atoms with Crippen LogP contribution in [0.1, 0.15) is 38.8 Å². The molecular formula is C16H26ClFN2O2. The Balaban J connectivity index is 0.00000211. The van der Waals surface area contributed by atoms with E-state index in [9.17, 15) is 4.39 Å². The molecule has 2 N–H and O–H groups in total. The lowest BCUT2D eigenvalue weighted by Crippen LogP contribution is -2.34. The van der Waals surface area contributed by atoms with Crippen LogP contribution in [0.15, 0.2) is 17.1 Å². The summed E-state index contributed by atoms with van der Waals surface area (Å²) >= 11 is 5.94. The molecule has 126 valence electrons. The van der Waals surface area contributed by atoms with Crippen LogP contribution in [0.2, 0.25) is 5.02 Å². The predicted octanol–water partition coefficient (Wildman–Crippen LogP) is 4.07. The van der Waals surface area contributed by atoms with E-state index in [0.29, 0.717) is 24.3 Å². The Morgan fingerprint density at radius 1 is 1.27 bits per heavy atom. The van der Waals surface area contributed by atoms with E-state index >= 15 is 0 Å². The van der Waals surface area contributed by atoms with Crippen LogP contribution in [0, 0.1) is 12.7 Å². The number of ether oxygens (including phenoxy) is 2. The molecule has 0 unspecified atom stereocenters. The molecule has 0 bridgehead atoms. The second kappa shape index (κ2) is 11.4. The first kappa shape index (κ1) is 20.8. The van der Waals surface area contributed by atoms with Crippen LogP contribution in [0.25, 0.3) is 0 Å². The minimum absolute atomic E-state index is 0.0749. The molecule has 1 rings (SSSR count). The van der Waals surface area contributed by atoms with Crippen molar-refractivity contribution in [1.82, 2.24) is 0 Å². The van der Waals surface area contributed by atoms with Crippen LogP contribution < -0.4 is 5.73 Å². The lowest BCUT2D eigenvalue weighted by Gasteiger charge is -2.16. The molecule has 4 nitrogen and oxygen atoms in total. The third kappa shape index (κ3) is 6.30. The van der Waals surface area contributed by atoms with Crippen molar-refractivity contribution < 1.29 is 13.9 Å². The second-order valence-corrected chi connectivity index (χ2v) is 4.53. The van der Waals surface area contributed by atoms with Crippen molar-refractivity contribution in [2.75, 3.05) is 13.2 Å². The van der Waals surface area contributed by atoms with Gasteiger partial charge in [-0.3, -0.25) is 4.99 Å². The number of nitrogens with two attached hydrogens (primary N) is 1. The van der Waals surface area contributed by atoms with Gasteiger partial charge in [0.2, 0.25) is 6.29 Å². The van der Waals surface area contributed by atoms with E-state index in [1.807, 2.05) is 27.7 Å². The number of benzene rings is 1. The lowest BCUT2D eigenvalue weighted by atomic mass is 10.1. The van der Waals surface area contributed by atoms with E-state index in [-0.39, 0.29) is 17.4 Å². The van der Waals surface area contributed by atoms with Gasteiger partial charge in [0.25, 0.3) is 0 Å². The molecule has 1 aromatic rings. The van der Waals surface area contributed by atoms with Crippen molar-refractivity contribution in [3.05, 3.63) is 34.1 Å². The highest BCUT2D eigenvalue weighted by Crippen LogP contribution is 2.23. The first-order valence-corrected chi connectivity index (χ1v) is 7.85. The zero-order valence-corrected chi connectivity index (χ0v) is 14.7. The number of rotatable bonds is 7. The molecule has 0 radical (unpaired) electrons. The van der Waals surface area contributed by atoms with Crippen LogP contribution in [-0.2, 0) is 16.0 Å². The number of hydrogen-bond acceptors (Lipinski definition) is 3. The smallest absolute Gasteiger partial charge is 0.216 e. The van der Waals surface area contributed by atoms with Gasteiger partial charge in [0, 0.05) is 13.2 Å². The number of aliphatic imine (C=N–C) groups is 1. The number of halogens is 2. The fourth-order valence-corrected chi connectivity index (χ4v) is 1.85. The van der Waals surface area contributed by atoms with Crippen molar-refractivity contribution in [3.63, 3.8) is 0 Å². The summed E-state index contributed by atoms with van der Waals surface area (Å²) in [5.74, 6) is -0.213. The Hall–Kier alpha value is -1.17. The summed E-state index contributed by atoms with van der Waals surface area (Å²) in [6.07, 6.45) is -0.681. The van der Waals surface area contributed by atoms with Gasteiger partial charge in [-0.1, -0.05) is 37.6 Å². The lowest BCUT2D eigenvalue weighted by molar-refractivity contribution is -0.0907. The standard InChI is InChI=1S/C14H20ClFN2O2.C2H6/c1-4-19-14(20-5-2)13(17)18-8-10-7-6-9(3)12(16)11(10)15;1-2/h6-7,14H,4-5,8H2,1-3H3,(H2,17,18);1-2H3. The molecule has 0 heterocycles. The van der Waals surface area contributed by atoms with Crippen LogP contribution >= 0.6 is 11.6 Å². The minimum atomic E-state index is -0.681. The summed E-state index contributed by atoms with van der Waals surface area (Å²) in [6, 6.07) is 3.39. The summed E-state index contributed by atoms with van der Waals surface area (Å²) in [7, 11) is 0. The Morgan fingerprint density at radius 2 is 1.82 bits per heavy atom. The second-order valence-electron chi connectivity index (χ2n) is 4.15. The van der Waals surface area contributed by atoms with E-state index in [0.717, 1.165) is 0 Å². The van der Waals surface area contributed by atoms with E-state index in [1.165, 1.54) is 0 Å². The summed E-state index contributed by atoms with van der Waals surface area (Å²) < 4.78 is 24.3. The van der Waals surface area contributed by atoms with Gasteiger partial charge in [-0.25, -0.2) is 4.39 Å². The van der Waals surface area contributed by atoms with E-state index in [4.69, 9.17) is 26.8 Å². The zero-order chi connectivity index (χ0) is 17.1. The quantitative estimate of drug-likeness (QED) is 0.465. The van der Waals surface area contributed by atoms with Gasteiger partial charge in [-0.2, -0.15) is 0 Å². The number of hydrogen-bond donors (Lipinski definition) is 1. The fourth-order valence-electron chi connectivity index (χ4n) is 1.58. The summed E-state index contributed by atoms with van der Waals surface area (Å²) in [5, 5.41) is 0.0749. The van der Waals surface area contributed by atoms with Gasteiger partial charge >= 0.3 is 0 Å². The van der Waals surface area contributed by atoms with E-state index in [2.05, 4.69) is 4.99 Å². The van der Waals surface area contributed by atoms with Crippen molar-refractivity contribution in [3.8, 4) is 0 Å². The van der Waals surface area contributed by atoms with Crippen LogP contribution in [0.5, 0.6) is 0 Å². The highest BCUT2D eigenvalue weighted by Gasteiger charge is 2.14. The summed E-state index contributed by atoms with van der Waals surface area (Å²) in [5.41, 5.74) is 6.89. The fraction of sp³-hybridized carbons (Fsp3) is 0.562. The Morgan fingerprint density at radius 3 is 2.32 bits per heavy atom. The molecule has 0 aromatic heterocycles. The highest BCUT2D eigenvalue weighted by molar-refractivity contribution is 6.31. The van der Waals surface area contributed by atoms with Crippen molar-refractivity contribution in [2.24, 2.45) is 10.7 Å². The van der Waals surface area contributed by atoms with Crippen molar-refractivity contribution in [2.45, 2.75) is 47.5 Å². The third-order valence-corrected chi connectivity index (χ3v) is 3.07. The molecule has 0 amide bonds. The van der Waals surface area contributed by atoms with Crippen molar-refractivity contribution >= 4 is 17.4 Å². The SMILES string of the molecule is CC.CCOC(OCC)C(N)=NCc1ccc(C)c(F)c1Cl. The molecule has 0 fully saturated rings. The number of aryl methyl sites for hydroxylation is 1. The van der Waals surface area contributed by atoms with Crippen LogP contribution in [0.3, 0.4) is 0 Å². The molecule has 0 aliphatic heterocycles. The van der Waals surface area contributed by atoms with Gasteiger partial charge in [-0.15, -0.1) is 0 Å². The van der Waals surface area contributed by atoms with Gasteiger partial charge < -0.3 is 15.2 Å². The highest BCUT2D eigenvalue weighted by atomic mass is 35.5. The molecule has 6 heteroatoms.